The first kappa shape index (κ1) is 67.6. The minimum absolute atomic E-state index is 0.163. The third kappa shape index (κ3) is 45.0. The highest BCUT2D eigenvalue weighted by molar-refractivity contribution is 5.76. The van der Waals surface area contributed by atoms with Gasteiger partial charge in [0, 0.05) is 45.6 Å². The van der Waals surface area contributed by atoms with Crippen molar-refractivity contribution in [1.82, 2.24) is 14.7 Å². The molecule has 0 heterocycles. The Kier molecular flexibility index (Phi) is 50.5. The SMILES string of the molecule is CCCCCCCCCCN(CCCCCCCCCC)C(=O)CCCCCCCN(CCCCCCCC(=O)N(CCCCCCCCCC)CCCCCCCCCC)CC(CO)C(F)(F)F. The Morgan fingerprint density at radius 2 is 0.565 bits per heavy atom. The van der Waals surface area contributed by atoms with E-state index in [1.807, 2.05) is 4.90 Å². The van der Waals surface area contributed by atoms with E-state index >= 15 is 0 Å². The summed E-state index contributed by atoms with van der Waals surface area (Å²) in [5.41, 5.74) is 0. The molecule has 0 saturated heterocycles. The molecule has 9 heteroatoms. The Morgan fingerprint density at radius 3 is 0.797 bits per heavy atom. The van der Waals surface area contributed by atoms with Gasteiger partial charge in [0.15, 0.2) is 0 Å². The van der Waals surface area contributed by atoms with E-state index in [-0.39, 0.29) is 6.54 Å². The van der Waals surface area contributed by atoms with Crippen LogP contribution in [0.25, 0.3) is 0 Å². The summed E-state index contributed by atoms with van der Waals surface area (Å²) in [6.07, 6.45) is 46.4. The fourth-order valence-electron chi connectivity index (χ4n) is 9.94. The second-order valence-corrected chi connectivity index (χ2v) is 21.4. The fourth-order valence-corrected chi connectivity index (χ4v) is 9.94. The van der Waals surface area contributed by atoms with Crippen molar-refractivity contribution in [1.29, 1.82) is 0 Å². The van der Waals surface area contributed by atoms with Gasteiger partial charge in [-0.2, -0.15) is 13.2 Å². The van der Waals surface area contributed by atoms with E-state index in [1.54, 1.807) is 0 Å². The highest BCUT2D eigenvalue weighted by atomic mass is 19.4. The molecule has 0 aliphatic carbocycles. The zero-order chi connectivity index (χ0) is 50.7. The number of aliphatic hydroxyl groups excluding tert-OH is 1. The van der Waals surface area contributed by atoms with Crippen LogP contribution in [0.15, 0.2) is 0 Å². The minimum atomic E-state index is -4.42. The van der Waals surface area contributed by atoms with E-state index in [1.165, 1.54) is 180 Å². The van der Waals surface area contributed by atoms with Crippen molar-refractivity contribution >= 4 is 11.8 Å². The average Bonchev–Trinajstić information content (AvgIpc) is 3.33. The van der Waals surface area contributed by atoms with Gasteiger partial charge in [0.2, 0.25) is 11.8 Å². The molecule has 0 spiro atoms. The lowest BCUT2D eigenvalue weighted by Crippen LogP contribution is -2.39. The van der Waals surface area contributed by atoms with Crippen LogP contribution in [0.2, 0.25) is 0 Å². The summed E-state index contributed by atoms with van der Waals surface area (Å²) in [5, 5.41) is 9.64. The summed E-state index contributed by atoms with van der Waals surface area (Å²) < 4.78 is 41.3. The van der Waals surface area contributed by atoms with Crippen LogP contribution < -0.4 is 0 Å². The van der Waals surface area contributed by atoms with Crippen molar-refractivity contribution in [3.8, 4) is 0 Å². The number of amides is 2. The molecule has 412 valence electrons. The van der Waals surface area contributed by atoms with E-state index in [0.717, 1.165) is 116 Å². The molecule has 1 unspecified atom stereocenters. The molecule has 1 N–H and O–H groups in total. The maximum atomic E-state index is 13.8. The standard InChI is InChI=1S/C60H118F3N3O3/c1-5-9-13-17-21-25-35-43-51-65(52-44-36-26-22-18-14-10-6-2)58(68)47-39-31-29-33-41-49-64(55-57(56-67)60(61,62)63)50-42-34-30-32-40-48-59(69)66(53-45-37-27-23-19-15-11-7-3)54-46-38-28-24-20-16-12-8-4/h57,67H,5-56H2,1-4H3. The van der Waals surface area contributed by atoms with Crippen molar-refractivity contribution < 1.29 is 27.9 Å². The quantitative estimate of drug-likeness (QED) is 0.0617. The fraction of sp³-hybridized carbons (Fsp3) is 0.967. The van der Waals surface area contributed by atoms with E-state index in [2.05, 4.69) is 37.5 Å². The summed E-state index contributed by atoms with van der Waals surface area (Å²) >= 11 is 0. The second kappa shape index (κ2) is 51.5. The zero-order valence-corrected chi connectivity index (χ0v) is 46.6. The van der Waals surface area contributed by atoms with E-state index in [4.69, 9.17) is 0 Å². The largest absolute Gasteiger partial charge is 0.396 e. The lowest BCUT2D eigenvalue weighted by atomic mass is 10.1. The molecule has 69 heavy (non-hydrogen) atoms. The number of aliphatic hydroxyl groups is 1. The summed E-state index contributed by atoms with van der Waals surface area (Å²) in [5.74, 6) is -1.13. The normalized spacial score (nSPS) is 12.4. The summed E-state index contributed by atoms with van der Waals surface area (Å²) in [6.45, 7) is 12.7. The van der Waals surface area contributed by atoms with E-state index < -0.39 is 18.7 Å². The molecule has 0 radical (unpaired) electrons. The molecule has 0 aliphatic rings. The maximum Gasteiger partial charge on any atom is 0.395 e. The van der Waals surface area contributed by atoms with Gasteiger partial charge in [-0.25, -0.2) is 0 Å². The molecule has 0 aromatic heterocycles. The molecule has 6 nitrogen and oxygen atoms in total. The van der Waals surface area contributed by atoms with Crippen LogP contribution in [-0.2, 0) is 9.59 Å². The summed E-state index contributed by atoms with van der Waals surface area (Å²) in [6, 6.07) is 0. The Hall–Kier alpha value is -1.35. The smallest absolute Gasteiger partial charge is 0.395 e. The number of unbranched alkanes of at least 4 members (excludes halogenated alkanes) is 36. The van der Waals surface area contributed by atoms with Gasteiger partial charge < -0.3 is 19.8 Å². The molecule has 0 bridgehead atoms. The van der Waals surface area contributed by atoms with Crippen molar-refractivity contribution in [2.45, 2.75) is 316 Å². The molecule has 0 rings (SSSR count). The number of rotatable bonds is 55. The van der Waals surface area contributed by atoms with Gasteiger partial charge in [-0.15, -0.1) is 0 Å². The molecule has 0 aromatic rings. The monoisotopic (exact) mass is 986 g/mol. The average molecular weight is 987 g/mol. The lowest BCUT2D eigenvalue weighted by molar-refractivity contribution is -0.188. The Labute approximate surface area is 427 Å². The number of hydrogen-bond donors (Lipinski definition) is 1. The van der Waals surface area contributed by atoms with Gasteiger partial charge in [-0.1, -0.05) is 246 Å². The molecule has 0 aliphatic heterocycles. The number of alkyl halides is 3. The number of nitrogens with zero attached hydrogens (tertiary/aromatic N) is 3. The first-order valence-corrected chi connectivity index (χ1v) is 30.6. The molecular formula is C60H118F3N3O3. The second-order valence-electron chi connectivity index (χ2n) is 21.4. The lowest BCUT2D eigenvalue weighted by Gasteiger charge is -2.28. The highest BCUT2D eigenvalue weighted by Gasteiger charge is 2.39. The van der Waals surface area contributed by atoms with Crippen LogP contribution in [0, 0.1) is 5.92 Å². The molecule has 0 saturated carbocycles. The topological polar surface area (TPSA) is 64.1 Å². The predicted molar refractivity (Wildman–Crippen MR) is 292 cm³/mol. The van der Waals surface area contributed by atoms with Crippen LogP contribution in [0.3, 0.4) is 0 Å². The van der Waals surface area contributed by atoms with Gasteiger partial charge in [0.1, 0.15) is 0 Å². The first-order valence-electron chi connectivity index (χ1n) is 30.6. The van der Waals surface area contributed by atoms with Crippen molar-refractivity contribution in [2.24, 2.45) is 5.92 Å². The number of halogens is 3. The van der Waals surface area contributed by atoms with Crippen LogP contribution in [0.4, 0.5) is 13.2 Å². The maximum absolute atomic E-state index is 13.8. The van der Waals surface area contributed by atoms with Crippen molar-refractivity contribution in [2.75, 3.05) is 52.4 Å². The summed E-state index contributed by atoms with van der Waals surface area (Å²) in [7, 11) is 0. The molecule has 0 fully saturated rings. The van der Waals surface area contributed by atoms with E-state index in [0.29, 0.717) is 37.7 Å². The molecule has 1 atom stereocenters. The van der Waals surface area contributed by atoms with Gasteiger partial charge in [0.05, 0.1) is 12.5 Å². The summed E-state index contributed by atoms with van der Waals surface area (Å²) in [4.78, 5) is 33.0. The molecule has 2 amide bonds. The minimum Gasteiger partial charge on any atom is -0.396 e. The van der Waals surface area contributed by atoms with Crippen LogP contribution in [0.1, 0.15) is 310 Å². The first-order chi connectivity index (χ1) is 33.6. The number of hydrogen-bond acceptors (Lipinski definition) is 4. The van der Waals surface area contributed by atoms with Gasteiger partial charge in [-0.05, 0) is 64.5 Å². The zero-order valence-electron chi connectivity index (χ0n) is 46.6. The third-order valence-electron chi connectivity index (χ3n) is 14.7. The Morgan fingerprint density at radius 1 is 0.348 bits per heavy atom. The van der Waals surface area contributed by atoms with Gasteiger partial charge in [-0.3, -0.25) is 9.59 Å². The van der Waals surface area contributed by atoms with Gasteiger partial charge in [0.25, 0.3) is 0 Å². The third-order valence-corrected chi connectivity index (χ3v) is 14.7. The number of carbonyl (C=O) groups is 2. The molecular weight excluding hydrogens is 868 g/mol. The Balaban J connectivity index is 4.82. The van der Waals surface area contributed by atoms with Crippen molar-refractivity contribution in [3.05, 3.63) is 0 Å². The van der Waals surface area contributed by atoms with E-state index in [9.17, 15) is 27.9 Å². The van der Waals surface area contributed by atoms with Crippen molar-refractivity contribution in [3.63, 3.8) is 0 Å². The number of carbonyl (C=O) groups excluding carboxylic acids is 2. The Bertz CT molecular complexity index is 968. The van der Waals surface area contributed by atoms with Crippen LogP contribution in [-0.4, -0.2) is 90.2 Å². The van der Waals surface area contributed by atoms with Gasteiger partial charge >= 0.3 is 6.18 Å². The van der Waals surface area contributed by atoms with Crippen LogP contribution in [0.5, 0.6) is 0 Å². The van der Waals surface area contributed by atoms with Crippen LogP contribution >= 0.6 is 0 Å². The predicted octanol–water partition coefficient (Wildman–Crippen LogP) is 18.4. The highest BCUT2D eigenvalue weighted by Crippen LogP contribution is 2.27. The molecule has 0 aromatic carbocycles.